The zero-order valence-electron chi connectivity index (χ0n) is 9.75. The van der Waals surface area contributed by atoms with E-state index in [2.05, 4.69) is 5.32 Å². The van der Waals surface area contributed by atoms with Gasteiger partial charge in [0.25, 0.3) is 0 Å². The summed E-state index contributed by atoms with van der Waals surface area (Å²) in [5.74, 6) is -0.404. The van der Waals surface area contributed by atoms with E-state index in [0.29, 0.717) is 10.6 Å². The van der Waals surface area contributed by atoms with Crippen LogP contribution in [0.15, 0.2) is 42.5 Å². The fraction of sp³-hybridized carbons (Fsp3) is 0.143. The van der Waals surface area contributed by atoms with Crippen molar-refractivity contribution in [3.63, 3.8) is 0 Å². The van der Waals surface area contributed by atoms with Crippen LogP contribution in [0.2, 0.25) is 10.0 Å². The summed E-state index contributed by atoms with van der Waals surface area (Å²) in [4.78, 5) is 0. The molecule has 18 heavy (non-hydrogen) atoms. The second-order valence-corrected chi connectivity index (χ2v) is 4.76. The van der Waals surface area contributed by atoms with Gasteiger partial charge in [-0.3, -0.25) is 0 Å². The quantitative estimate of drug-likeness (QED) is 0.878. The van der Waals surface area contributed by atoms with Crippen LogP contribution in [-0.2, 0) is 0 Å². The molecule has 0 amide bonds. The Labute approximate surface area is 116 Å². The van der Waals surface area contributed by atoms with Gasteiger partial charge in [-0.05, 0) is 30.8 Å². The van der Waals surface area contributed by atoms with Gasteiger partial charge in [-0.2, -0.15) is 0 Å². The lowest BCUT2D eigenvalue weighted by Gasteiger charge is -2.18. The van der Waals surface area contributed by atoms with Crippen molar-refractivity contribution in [1.82, 2.24) is 5.32 Å². The lowest BCUT2D eigenvalue weighted by Crippen LogP contribution is -2.19. The molecule has 0 heterocycles. The van der Waals surface area contributed by atoms with Gasteiger partial charge in [0, 0.05) is 10.6 Å². The number of nitrogens with one attached hydrogen (secondary N) is 1. The van der Waals surface area contributed by atoms with E-state index in [-0.39, 0.29) is 11.1 Å². The number of hydrogen-bond acceptors (Lipinski definition) is 1. The molecule has 0 spiro atoms. The molecule has 4 heteroatoms. The van der Waals surface area contributed by atoms with Crippen molar-refractivity contribution in [3.8, 4) is 0 Å². The van der Waals surface area contributed by atoms with E-state index in [1.807, 2.05) is 18.2 Å². The van der Waals surface area contributed by atoms with Gasteiger partial charge in [-0.15, -0.1) is 0 Å². The van der Waals surface area contributed by atoms with Gasteiger partial charge in [0.1, 0.15) is 5.82 Å². The first kappa shape index (κ1) is 13.3. The van der Waals surface area contributed by atoms with E-state index in [9.17, 15) is 4.39 Å². The Balaban J connectivity index is 2.49. The molecule has 2 aromatic carbocycles. The Hall–Kier alpha value is -1.09. The smallest absolute Gasteiger partial charge is 0.146 e. The molecule has 1 N–H and O–H groups in total. The van der Waals surface area contributed by atoms with Gasteiger partial charge < -0.3 is 5.32 Å². The van der Waals surface area contributed by atoms with Crippen LogP contribution in [0.5, 0.6) is 0 Å². The zero-order valence-corrected chi connectivity index (χ0v) is 11.3. The minimum Gasteiger partial charge on any atom is -0.309 e. The molecular weight excluding hydrogens is 272 g/mol. The zero-order chi connectivity index (χ0) is 13.1. The predicted octanol–water partition coefficient (Wildman–Crippen LogP) is 4.44. The van der Waals surface area contributed by atoms with Gasteiger partial charge in [0.2, 0.25) is 0 Å². The predicted molar refractivity (Wildman–Crippen MR) is 73.8 cm³/mol. The third-order valence-electron chi connectivity index (χ3n) is 2.76. The number of halogens is 3. The van der Waals surface area contributed by atoms with Crippen LogP contribution >= 0.6 is 23.2 Å². The van der Waals surface area contributed by atoms with Gasteiger partial charge in [-0.25, -0.2) is 4.39 Å². The lowest BCUT2D eigenvalue weighted by atomic mass is 9.98. The minimum absolute atomic E-state index is 0.120. The number of benzene rings is 2. The average Bonchev–Trinajstić information content (AvgIpc) is 2.35. The molecule has 0 bridgehead atoms. The Morgan fingerprint density at radius 3 is 2.50 bits per heavy atom. The standard InChI is InChI=1S/C14H12Cl2FN/c1-18-14(9-4-2-5-10(15)8-9)11-6-3-7-12(16)13(11)17/h2-8,14,18H,1H3. The molecule has 1 unspecified atom stereocenters. The highest BCUT2D eigenvalue weighted by Gasteiger charge is 2.17. The fourth-order valence-electron chi connectivity index (χ4n) is 1.93. The second kappa shape index (κ2) is 5.70. The van der Waals surface area contributed by atoms with Gasteiger partial charge in [0.15, 0.2) is 0 Å². The molecule has 0 aliphatic carbocycles. The van der Waals surface area contributed by atoms with E-state index < -0.39 is 5.82 Å². The molecule has 2 rings (SSSR count). The van der Waals surface area contributed by atoms with Crippen molar-refractivity contribution >= 4 is 23.2 Å². The van der Waals surface area contributed by atoms with Crippen molar-refractivity contribution in [2.45, 2.75) is 6.04 Å². The maximum atomic E-state index is 14.0. The van der Waals surface area contributed by atoms with E-state index in [4.69, 9.17) is 23.2 Å². The van der Waals surface area contributed by atoms with Gasteiger partial charge in [0.05, 0.1) is 11.1 Å². The molecule has 0 aromatic heterocycles. The van der Waals surface area contributed by atoms with Crippen LogP contribution < -0.4 is 5.32 Å². The largest absolute Gasteiger partial charge is 0.309 e. The highest BCUT2D eigenvalue weighted by Crippen LogP contribution is 2.28. The maximum absolute atomic E-state index is 14.0. The highest BCUT2D eigenvalue weighted by atomic mass is 35.5. The molecule has 1 atom stereocenters. The Bertz CT molecular complexity index is 557. The van der Waals surface area contributed by atoms with Crippen LogP contribution in [0, 0.1) is 5.82 Å². The first-order valence-electron chi connectivity index (χ1n) is 5.50. The highest BCUT2D eigenvalue weighted by molar-refractivity contribution is 6.31. The third kappa shape index (κ3) is 2.66. The van der Waals surface area contributed by atoms with Gasteiger partial charge in [-0.1, -0.05) is 47.5 Å². The van der Waals surface area contributed by atoms with Crippen LogP contribution in [0.1, 0.15) is 17.2 Å². The summed E-state index contributed by atoms with van der Waals surface area (Å²) in [6, 6.07) is 12.0. The molecule has 1 nitrogen and oxygen atoms in total. The minimum atomic E-state index is -0.404. The van der Waals surface area contributed by atoms with Crippen LogP contribution in [-0.4, -0.2) is 7.05 Å². The molecule has 0 aliphatic rings. The number of rotatable bonds is 3. The molecule has 0 saturated heterocycles. The lowest BCUT2D eigenvalue weighted by molar-refractivity contribution is 0.576. The summed E-state index contributed by atoms with van der Waals surface area (Å²) in [6.45, 7) is 0. The summed E-state index contributed by atoms with van der Waals surface area (Å²) in [5.41, 5.74) is 1.40. The Morgan fingerprint density at radius 1 is 1.11 bits per heavy atom. The summed E-state index contributed by atoms with van der Waals surface area (Å²) < 4.78 is 14.0. The van der Waals surface area contributed by atoms with E-state index in [1.165, 1.54) is 6.07 Å². The average molecular weight is 284 g/mol. The summed E-state index contributed by atoms with van der Waals surface area (Å²) in [7, 11) is 1.77. The number of hydrogen-bond donors (Lipinski definition) is 1. The summed E-state index contributed by atoms with van der Waals surface area (Å²) in [5, 5.41) is 3.81. The second-order valence-electron chi connectivity index (χ2n) is 3.92. The SMILES string of the molecule is CNC(c1cccc(Cl)c1)c1cccc(Cl)c1F. The van der Waals surface area contributed by atoms with Gasteiger partial charge >= 0.3 is 0 Å². The Morgan fingerprint density at radius 2 is 1.83 bits per heavy atom. The molecular formula is C14H12Cl2FN. The first-order chi connectivity index (χ1) is 8.63. The third-order valence-corrected chi connectivity index (χ3v) is 3.29. The molecule has 0 saturated carbocycles. The maximum Gasteiger partial charge on any atom is 0.146 e. The van der Waals surface area contributed by atoms with Crippen LogP contribution in [0.4, 0.5) is 4.39 Å². The van der Waals surface area contributed by atoms with E-state index in [0.717, 1.165) is 5.56 Å². The molecule has 0 fully saturated rings. The molecule has 0 aliphatic heterocycles. The van der Waals surface area contributed by atoms with Crippen molar-refractivity contribution in [3.05, 3.63) is 69.5 Å². The topological polar surface area (TPSA) is 12.0 Å². The first-order valence-corrected chi connectivity index (χ1v) is 6.25. The van der Waals surface area contributed by atoms with Crippen molar-refractivity contribution in [2.75, 3.05) is 7.05 Å². The Kier molecular flexibility index (Phi) is 4.23. The van der Waals surface area contributed by atoms with E-state index in [1.54, 1.807) is 25.2 Å². The fourth-order valence-corrected chi connectivity index (χ4v) is 2.31. The van der Waals surface area contributed by atoms with Crippen molar-refractivity contribution in [2.24, 2.45) is 0 Å². The monoisotopic (exact) mass is 283 g/mol. The normalized spacial score (nSPS) is 12.4. The van der Waals surface area contributed by atoms with Crippen molar-refractivity contribution in [1.29, 1.82) is 0 Å². The van der Waals surface area contributed by atoms with Crippen molar-refractivity contribution < 1.29 is 4.39 Å². The molecule has 94 valence electrons. The van der Waals surface area contributed by atoms with Crippen LogP contribution in [0.3, 0.4) is 0 Å². The summed E-state index contributed by atoms with van der Waals surface area (Å²) in [6.07, 6.45) is 0. The molecule has 0 radical (unpaired) electrons. The van der Waals surface area contributed by atoms with E-state index >= 15 is 0 Å². The van der Waals surface area contributed by atoms with Crippen LogP contribution in [0.25, 0.3) is 0 Å². The molecule has 2 aromatic rings. The summed E-state index contributed by atoms with van der Waals surface area (Å²) >= 11 is 11.8.